The molecule has 0 fully saturated rings. The van der Waals surface area contributed by atoms with Crippen LogP contribution in [0, 0.1) is 0 Å². The number of anilines is 1. The lowest BCUT2D eigenvalue weighted by Crippen LogP contribution is -2.15. The third-order valence-corrected chi connectivity index (χ3v) is 6.36. The first kappa shape index (κ1) is 33.2. The van der Waals surface area contributed by atoms with Crippen molar-refractivity contribution in [2.75, 3.05) is 19.5 Å². The van der Waals surface area contributed by atoms with Gasteiger partial charge in [0.05, 0.1) is 54.0 Å². The van der Waals surface area contributed by atoms with Gasteiger partial charge in [-0.1, -0.05) is 30.3 Å². The number of methoxy groups -OCH3 is 2. The van der Waals surface area contributed by atoms with Crippen molar-refractivity contribution < 1.29 is 39.9 Å². The van der Waals surface area contributed by atoms with Crippen molar-refractivity contribution in [3.8, 4) is 11.5 Å². The van der Waals surface area contributed by atoms with Crippen LogP contribution in [0.15, 0.2) is 116 Å². The van der Waals surface area contributed by atoms with E-state index >= 15 is 0 Å². The fraction of sp³-hybridized carbons (Fsp3) is 0.107. The Morgan fingerprint density at radius 2 is 1.25 bits per heavy atom. The van der Waals surface area contributed by atoms with Gasteiger partial charge in [0.2, 0.25) is 5.91 Å². The fourth-order valence-corrected chi connectivity index (χ4v) is 4.11. The third-order valence-electron chi connectivity index (χ3n) is 5.51. The van der Waals surface area contributed by atoms with Crippen molar-refractivity contribution in [2.24, 2.45) is 20.5 Å². The molecule has 0 aliphatic heterocycles. The third kappa shape index (κ3) is 10.5. The monoisotopic (exact) mass is 639 g/mol. The molecule has 44 heavy (non-hydrogen) atoms. The second kappa shape index (κ2) is 15.8. The van der Waals surface area contributed by atoms with E-state index in [4.69, 9.17) is 22.1 Å². The number of amides is 1. The minimum absolute atomic E-state index is 0.0357. The van der Waals surface area contributed by atoms with E-state index in [0.717, 1.165) is 5.69 Å². The number of carbonyl (C=O) groups excluding carboxylic acids is 1. The molecular weight excluding hydrogens is 614 g/mol. The summed E-state index contributed by atoms with van der Waals surface area (Å²) in [5.74, 6) is 0.548. The van der Waals surface area contributed by atoms with E-state index in [9.17, 15) is 17.8 Å². The Morgan fingerprint density at radius 1 is 0.727 bits per heavy atom. The lowest BCUT2D eigenvalue weighted by molar-refractivity contribution is -0.115. The van der Waals surface area contributed by atoms with Gasteiger partial charge in [-0.25, -0.2) is 0 Å². The first-order valence-electron chi connectivity index (χ1n) is 12.4. The smallest absolute Gasteiger partial charge is 0.425 e. The number of azo groups is 2. The number of nitrogens with one attached hydrogen (secondary N) is 1. The summed E-state index contributed by atoms with van der Waals surface area (Å²) >= 11 is 0. The van der Waals surface area contributed by atoms with Gasteiger partial charge in [-0.3, -0.25) is 9.35 Å². The molecule has 0 saturated heterocycles. The number of carbonyl (C=O) groups is 1. The van der Waals surface area contributed by atoms with E-state index in [1.54, 1.807) is 36.4 Å². The van der Waals surface area contributed by atoms with E-state index in [1.165, 1.54) is 38.5 Å². The van der Waals surface area contributed by atoms with Crippen LogP contribution < -0.4 is 14.8 Å². The van der Waals surface area contributed by atoms with Crippen molar-refractivity contribution in [2.45, 2.75) is 11.3 Å². The Bertz CT molecular complexity index is 1890. The SMILES string of the molecule is COc1cc(N=Nc2ccccc2)ccc1CC(=O)Nc1ccc(N=Nc2cccc(S(=O)(=O)O)c2)cc1OC.O=S(=O)=O. The first-order chi connectivity index (χ1) is 21.0. The highest BCUT2D eigenvalue weighted by atomic mass is 32.2. The fourth-order valence-electron chi connectivity index (χ4n) is 3.59. The molecule has 0 bridgehead atoms. The average molecular weight is 640 g/mol. The number of nitrogens with zero attached hydrogens (tertiary/aromatic N) is 4. The van der Waals surface area contributed by atoms with Crippen molar-refractivity contribution in [1.29, 1.82) is 0 Å². The summed E-state index contributed by atoms with van der Waals surface area (Å²) in [6.07, 6.45) is 0.0357. The van der Waals surface area contributed by atoms with Gasteiger partial charge in [0.15, 0.2) is 0 Å². The van der Waals surface area contributed by atoms with E-state index in [1.807, 2.05) is 30.3 Å². The van der Waals surface area contributed by atoms with Crippen LogP contribution >= 0.6 is 0 Å². The Kier molecular flexibility index (Phi) is 11.9. The largest absolute Gasteiger partial charge is 0.496 e. The molecule has 228 valence electrons. The molecule has 16 heteroatoms. The predicted octanol–water partition coefficient (Wildman–Crippen LogP) is 5.96. The molecule has 0 aromatic heterocycles. The van der Waals surface area contributed by atoms with Crippen molar-refractivity contribution in [1.82, 2.24) is 0 Å². The molecule has 0 saturated carbocycles. The predicted molar refractivity (Wildman–Crippen MR) is 159 cm³/mol. The maximum Gasteiger partial charge on any atom is 0.425 e. The van der Waals surface area contributed by atoms with Gasteiger partial charge in [-0.15, -0.1) is 12.6 Å². The van der Waals surface area contributed by atoms with E-state index in [-0.39, 0.29) is 22.9 Å². The molecule has 0 radical (unpaired) electrons. The topological polar surface area (TPSA) is 203 Å². The number of hydrogen-bond acceptors (Lipinski definition) is 12. The number of rotatable bonds is 10. The lowest BCUT2D eigenvalue weighted by Gasteiger charge is -2.12. The van der Waals surface area contributed by atoms with E-state index in [0.29, 0.717) is 34.1 Å². The average Bonchev–Trinajstić information content (AvgIpc) is 3.00. The first-order valence-corrected chi connectivity index (χ1v) is 14.8. The number of ether oxygens (including phenoxy) is 2. The molecule has 0 heterocycles. The molecule has 0 spiro atoms. The van der Waals surface area contributed by atoms with Gasteiger partial charge in [0.1, 0.15) is 11.5 Å². The standard InChI is InChI=1S/C28H25N5O6S.O3S/c1-38-26-17-22(32-30-20-7-4-3-5-8-20)12-11-19(26)15-28(34)29-25-14-13-23(18-27(25)39-2)33-31-21-9-6-10-24(16-21)40(35,36)37;1-4(2)3/h3-14,16-18H,15H2,1-2H3,(H,29,34)(H,35,36,37);. The van der Waals surface area contributed by atoms with Crippen LogP contribution in [0.2, 0.25) is 0 Å². The molecule has 4 aromatic rings. The molecule has 0 unspecified atom stereocenters. The Balaban J connectivity index is 0.00000124. The van der Waals surface area contributed by atoms with Crippen LogP contribution in [-0.4, -0.2) is 45.7 Å². The van der Waals surface area contributed by atoms with E-state index in [2.05, 4.69) is 25.8 Å². The second-order valence-corrected chi connectivity index (χ2v) is 10.3. The van der Waals surface area contributed by atoms with Crippen molar-refractivity contribution >= 4 is 55.1 Å². The maximum absolute atomic E-state index is 12.8. The van der Waals surface area contributed by atoms with Gasteiger partial charge in [0, 0.05) is 17.7 Å². The molecular formula is C28H25N5O9S2. The zero-order chi connectivity index (χ0) is 32.1. The van der Waals surface area contributed by atoms with Crippen LogP contribution in [0.1, 0.15) is 5.56 Å². The van der Waals surface area contributed by atoms with Gasteiger partial charge in [-0.05, 0) is 48.5 Å². The molecule has 0 aliphatic carbocycles. The Morgan fingerprint density at radius 3 is 1.84 bits per heavy atom. The number of hydrogen-bond donors (Lipinski definition) is 2. The van der Waals surface area contributed by atoms with Gasteiger partial charge >= 0.3 is 10.6 Å². The molecule has 0 aliphatic rings. The summed E-state index contributed by atoms with van der Waals surface area (Å²) < 4.78 is 68.1. The highest BCUT2D eigenvalue weighted by Crippen LogP contribution is 2.32. The zero-order valence-electron chi connectivity index (χ0n) is 23.2. The summed E-state index contributed by atoms with van der Waals surface area (Å²) in [6, 6.07) is 24.8. The molecule has 4 aromatic carbocycles. The van der Waals surface area contributed by atoms with Crippen LogP contribution in [0.3, 0.4) is 0 Å². The Labute approximate surface area is 253 Å². The van der Waals surface area contributed by atoms with Gasteiger partial charge in [0.25, 0.3) is 10.1 Å². The van der Waals surface area contributed by atoms with Crippen LogP contribution in [0.25, 0.3) is 0 Å². The van der Waals surface area contributed by atoms with E-state index < -0.39 is 20.7 Å². The quantitative estimate of drug-likeness (QED) is 0.155. The molecule has 14 nitrogen and oxygen atoms in total. The molecule has 1 amide bonds. The summed E-state index contributed by atoms with van der Waals surface area (Å²) in [7, 11) is -4.50. The summed E-state index contributed by atoms with van der Waals surface area (Å²) in [5.41, 5.74) is 3.02. The molecule has 0 atom stereocenters. The van der Waals surface area contributed by atoms with Crippen LogP contribution in [-0.2, 0) is 31.9 Å². The summed E-state index contributed by atoms with van der Waals surface area (Å²) in [5, 5.41) is 19.3. The van der Waals surface area contributed by atoms with Gasteiger partial charge in [-0.2, -0.15) is 28.9 Å². The van der Waals surface area contributed by atoms with Crippen LogP contribution in [0.5, 0.6) is 11.5 Å². The molecule has 4 rings (SSSR count). The van der Waals surface area contributed by atoms with Crippen LogP contribution in [0.4, 0.5) is 28.4 Å². The van der Waals surface area contributed by atoms with Crippen molar-refractivity contribution in [3.63, 3.8) is 0 Å². The summed E-state index contributed by atoms with van der Waals surface area (Å²) in [6.45, 7) is 0. The minimum Gasteiger partial charge on any atom is -0.496 e. The second-order valence-electron chi connectivity index (χ2n) is 8.52. The van der Waals surface area contributed by atoms with Crippen molar-refractivity contribution in [3.05, 3.63) is 96.6 Å². The highest BCUT2D eigenvalue weighted by Gasteiger charge is 2.13. The Hall–Kier alpha value is -5.32. The highest BCUT2D eigenvalue weighted by molar-refractivity contribution is 7.85. The minimum atomic E-state index is -4.36. The summed E-state index contributed by atoms with van der Waals surface area (Å²) in [4.78, 5) is 12.6. The van der Waals surface area contributed by atoms with Gasteiger partial charge < -0.3 is 14.8 Å². The number of benzene rings is 4. The molecule has 2 N–H and O–H groups in total. The lowest BCUT2D eigenvalue weighted by atomic mass is 10.1. The maximum atomic E-state index is 12.8. The normalized spacial score (nSPS) is 11.1. The zero-order valence-corrected chi connectivity index (χ0v) is 24.8.